The highest BCUT2D eigenvalue weighted by Crippen LogP contribution is 2.39. The molecule has 0 aliphatic heterocycles. The standard InChI is InChI=1S/C17H13F6N3O2S/c1-3-9-10(4-5-11(17(21,22)23)13(9)29(27)28)14-25-12-6-8(16(18,19)20)7-24-15(12)26(14)2/h4-7,9H,3H2,1-2H3. The van der Waals surface area contributed by atoms with E-state index in [2.05, 4.69) is 9.97 Å². The van der Waals surface area contributed by atoms with E-state index in [0.717, 1.165) is 12.1 Å². The normalized spacial score (nSPS) is 18.1. The van der Waals surface area contributed by atoms with Crippen molar-refractivity contribution in [1.82, 2.24) is 14.5 Å². The first-order chi connectivity index (χ1) is 13.4. The largest absolute Gasteiger partial charge is 0.417 e. The van der Waals surface area contributed by atoms with Crippen molar-refractivity contribution in [3.8, 4) is 0 Å². The van der Waals surface area contributed by atoms with Gasteiger partial charge in [0, 0.05) is 24.7 Å². The zero-order valence-electron chi connectivity index (χ0n) is 14.9. The molecule has 5 nitrogen and oxygen atoms in total. The monoisotopic (exact) mass is 437 g/mol. The van der Waals surface area contributed by atoms with Gasteiger partial charge in [0.25, 0.3) is 0 Å². The zero-order valence-corrected chi connectivity index (χ0v) is 15.7. The maximum atomic E-state index is 13.3. The van der Waals surface area contributed by atoms with E-state index in [1.807, 2.05) is 0 Å². The molecule has 0 spiro atoms. The third kappa shape index (κ3) is 3.68. The first-order valence-electron chi connectivity index (χ1n) is 8.21. The number of imidazole rings is 1. The van der Waals surface area contributed by atoms with Crippen LogP contribution < -0.4 is 0 Å². The third-order valence-corrected chi connectivity index (χ3v) is 5.44. The van der Waals surface area contributed by atoms with Gasteiger partial charge in [-0.25, -0.2) is 9.97 Å². The number of halogens is 6. The summed E-state index contributed by atoms with van der Waals surface area (Å²) >= 11 is 0. The van der Waals surface area contributed by atoms with E-state index in [4.69, 9.17) is 0 Å². The van der Waals surface area contributed by atoms with Crippen LogP contribution >= 0.6 is 0 Å². The summed E-state index contributed by atoms with van der Waals surface area (Å²) in [5.74, 6) is -1.12. The Kier molecular flexibility index (Phi) is 5.10. The fraction of sp³-hybridized carbons (Fsp3) is 0.353. The van der Waals surface area contributed by atoms with Gasteiger partial charge in [0.2, 0.25) is 10.3 Å². The van der Waals surface area contributed by atoms with Gasteiger partial charge in [-0.15, -0.1) is 0 Å². The van der Waals surface area contributed by atoms with Crippen molar-refractivity contribution in [2.24, 2.45) is 13.0 Å². The van der Waals surface area contributed by atoms with Crippen LogP contribution in [0.2, 0.25) is 0 Å². The Balaban J connectivity index is 2.25. The van der Waals surface area contributed by atoms with Crippen molar-refractivity contribution in [3.63, 3.8) is 0 Å². The molecular formula is C17H13F6N3O2S. The van der Waals surface area contributed by atoms with Gasteiger partial charge in [-0.1, -0.05) is 13.0 Å². The molecule has 3 rings (SSSR count). The van der Waals surface area contributed by atoms with Gasteiger partial charge in [-0.05, 0) is 18.6 Å². The molecule has 2 aromatic rings. The Bertz CT molecular complexity index is 1180. The molecule has 0 aromatic carbocycles. The Morgan fingerprint density at radius 3 is 2.28 bits per heavy atom. The van der Waals surface area contributed by atoms with Crippen LogP contribution in [0.25, 0.3) is 16.7 Å². The first kappa shape index (κ1) is 21.1. The van der Waals surface area contributed by atoms with Crippen LogP contribution in [0, 0.1) is 5.92 Å². The molecule has 1 atom stereocenters. The van der Waals surface area contributed by atoms with Crippen molar-refractivity contribution >= 4 is 31.9 Å². The summed E-state index contributed by atoms with van der Waals surface area (Å²) in [5, 5.41) is 0. The summed E-state index contributed by atoms with van der Waals surface area (Å²) in [6.07, 6.45) is -7.14. The van der Waals surface area contributed by atoms with Gasteiger partial charge in [-0.2, -0.15) is 34.8 Å². The minimum Gasteiger partial charge on any atom is -0.312 e. The fourth-order valence-corrected chi connectivity index (χ4v) is 4.15. The third-order valence-electron chi connectivity index (χ3n) is 4.57. The zero-order chi connectivity index (χ0) is 21.7. The number of alkyl halides is 6. The molecule has 2 aromatic heterocycles. The van der Waals surface area contributed by atoms with Crippen LogP contribution in [0.4, 0.5) is 26.3 Å². The van der Waals surface area contributed by atoms with Crippen molar-refractivity contribution in [3.05, 3.63) is 41.4 Å². The Labute approximate surface area is 161 Å². The molecule has 156 valence electrons. The number of nitrogens with zero attached hydrogens (tertiary/aromatic N) is 3. The van der Waals surface area contributed by atoms with Crippen molar-refractivity contribution in [1.29, 1.82) is 0 Å². The summed E-state index contributed by atoms with van der Waals surface area (Å²) in [6, 6.07) is 0.781. The number of allylic oxidation sites excluding steroid dienone is 4. The first-order valence-corrected chi connectivity index (χ1v) is 9.29. The molecule has 0 saturated carbocycles. The van der Waals surface area contributed by atoms with Crippen molar-refractivity contribution in [2.75, 3.05) is 0 Å². The Morgan fingerprint density at radius 2 is 1.76 bits per heavy atom. The highest BCUT2D eigenvalue weighted by Gasteiger charge is 2.43. The lowest BCUT2D eigenvalue weighted by molar-refractivity contribution is -0.137. The molecule has 12 heteroatoms. The van der Waals surface area contributed by atoms with Gasteiger partial charge < -0.3 is 4.57 Å². The second-order valence-corrected chi connectivity index (χ2v) is 7.23. The van der Waals surface area contributed by atoms with E-state index < -0.39 is 44.6 Å². The molecule has 0 saturated heterocycles. The van der Waals surface area contributed by atoms with E-state index in [1.165, 1.54) is 18.5 Å². The molecule has 1 aliphatic carbocycles. The molecule has 29 heavy (non-hydrogen) atoms. The van der Waals surface area contributed by atoms with Gasteiger partial charge >= 0.3 is 12.4 Å². The average molecular weight is 437 g/mol. The number of pyridine rings is 1. The minimum atomic E-state index is -4.87. The quantitative estimate of drug-likeness (QED) is 0.527. The van der Waals surface area contributed by atoms with Crippen LogP contribution in [0.3, 0.4) is 0 Å². The van der Waals surface area contributed by atoms with Crippen LogP contribution in [0.15, 0.2) is 30.0 Å². The number of hydrogen-bond acceptors (Lipinski definition) is 4. The summed E-state index contributed by atoms with van der Waals surface area (Å²) in [5.41, 5.74) is -2.18. The predicted octanol–water partition coefficient (Wildman–Crippen LogP) is 3.95. The highest BCUT2D eigenvalue weighted by molar-refractivity contribution is 7.73. The van der Waals surface area contributed by atoms with Crippen LogP contribution in [-0.2, 0) is 23.5 Å². The topological polar surface area (TPSA) is 64.8 Å². The highest BCUT2D eigenvalue weighted by atomic mass is 32.2. The lowest BCUT2D eigenvalue weighted by atomic mass is 9.84. The van der Waals surface area contributed by atoms with Gasteiger partial charge in [0.05, 0.1) is 16.0 Å². The summed E-state index contributed by atoms with van der Waals surface area (Å²) < 4.78 is 103. The molecule has 2 heterocycles. The Hall–Kier alpha value is -2.63. The average Bonchev–Trinajstić information content (AvgIpc) is 2.94. The van der Waals surface area contributed by atoms with E-state index in [0.29, 0.717) is 12.3 Å². The number of hydrogen-bond donors (Lipinski definition) is 0. The van der Waals surface area contributed by atoms with Crippen LogP contribution in [0.5, 0.6) is 0 Å². The van der Waals surface area contributed by atoms with Gasteiger partial charge in [0.15, 0.2) is 5.65 Å². The minimum absolute atomic E-state index is 0.00695. The van der Waals surface area contributed by atoms with Crippen LogP contribution in [-0.4, -0.2) is 34.0 Å². The molecule has 0 amide bonds. The second-order valence-electron chi connectivity index (χ2n) is 6.32. The van der Waals surface area contributed by atoms with Gasteiger partial charge in [-0.3, -0.25) is 0 Å². The fourth-order valence-electron chi connectivity index (χ4n) is 3.27. The van der Waals surface area contributed by atoms with E-state index in [-0.39, 0.29) is 29.0 Å². The Morgan fingerprint density at radius 1 is 1.10 bits per heavy atom. The van der Waals surface area contributed by atoms with Crippen molar-refractivity contribution < 1.29 is 34.8 Å². The predicted molar refractivity (Wildman–Crippen MR) is 93.3 cm³/mol. The summed E-state index contributed by atoms with van der Waals surface area (Å²) in [6.45, 7) is 1.51. The number of fused-ring (bicyclic) bond motifs is 1. The second kappa shape index (κ2) is 7.01. The number of aromatic nitrogens is 3. The van der Waals surface area contributed by atoms with E-state index >= 15 is 0 Å². The molecule has 0 radical (unpaired) electrons. The molecule has 0 fully saturated rings. The maximum Gasteiger partial charge on any atom is 0.417 e. The molecule has 0 bridgehead atoms. The SMILES string of the molecule is CCC1C(c2nc3cc(C(F)(F)F)cnc3n2C)=CC=C(C(F)(F)F)C1=S(=O)=O. The molecule has 0 N–H and O–H groups in total. The summed E-state index contributed by atoms with van der Waals surface area (Å²) in [4.78, 5) is 7.02. The number of aryl methyl sites for hydroxylation is 1. The maximum absolute atomic E-state index is 13.3. The van der Waals surface area contributed by atoms with E-state index in [1.54, 1.807) is 0 Å². The smallest absolute Gasteiger partial charge is 0.312 e. The van der Waals surface area contributed by atoms with E-state index in [9.17, 15) is 34.8 Å². The molecular weight excluding hydrogens is 424 g/mol. The lowest BCUT2D eigenvalue weighted by Crippen LogP contribution is -2.30. The molecule has 1 unspecified atom stereocenters. The number of rotatable bonds is 2. The summed E-state index contributed by atoms with van der Waals surface area (Å²) in [7, 11) is -1.72. The van der Waals surface area contributed by atoms with Crippen LogP contribution in [0.1, 0.15) is 24.7 Å². The molecule has 1 aliphatic rings. The lowest BCUT2D eigenvalue weighted by Gasteiger charge is -2.25. The van der Waals surface area contributed by atoms with Gasteiger partial charge in [0.1, 0.15) is 11.3 Å². The van der Waals surface area contributed by atoms with Crippen molar-refractivity contribution in [2.45, 2.75) is 25.7 Å².